The van der Waals surface area contributed by atoms with Crippen molar-refractivity contribution in [2.75, 3.05) is 26.2 Å². The zero-order valence-electron chi connectivity index (χ0n) is 6.69. The molecular weight excluding hydrogens is 124 g/mol. The normalized spacial score (nSPS) is 41.7. The molecule has 0 radical (unpaired) electrons. The number of hydrogen-bond donors (Lipinski definition) is 1. The summed E-state index contributed by atoms with van der Waals surface area (Å²) in [5.41, 5.74) is 0.512. The Bertz CT molecular complexity index is 123. The van der Waals surface area contributed by atoms with Gasteiger partial charge in [-0.3, -0.25) is 4.90 Å². The van der Waals surface area contributed by atoms with Crippen LogP contribution >= 0.6 is 0 Å². The fourth-order valence-corrected chi connectivity index (χ4v) is 1.93. The van der Waals surface area contributed by atoms with Crippen molar-refractivity contribution in [1.82, 2.24) is 10.2 Å². The second-order valence-corrected chi connectivity index (χ2v) is 3.76. The lowest BCUT2D eigenvalue weighted by Gasteiger charge is -2.44. The molecule has 2 fully saturated rings. The minimum atomic E-state index is 0.512. The van der Waals surface area contributed by atoms with E-state index in [0.717, 1.165) is 0 Å². The topological polar surface area (TPSA) is 15.3 Å². The van der Waals surface area contributed by atoms with Crippen molar-refractivity contribution in [2.24, 2.45) is 0 Å². The molecule has 2 nitrogen and oxygen atoms in total. The first-order valence-corrected chi connectivity index (χ1v) is 4.27. The van der Waals surface area contributed by atoms with E-state index in [4.69, 9.17) is 0 Å². The summed E-state index contributed by atoms with van der Waals surface area (Å²) in [6, 6.07) is 0. The summed E-state index contributed by atoms with van der Waals surface area (Å²) in [5, 5.41) is 3.42. The number of nitrogens with one attached hydrogen (secondary N) is 1. The van der Waals surface area contributed by atoms with Crippen LogP contribution in [0.5, 0.6) is 0 Å². The highest BCUT2D eigenvalue weighted by Crippen LogP contribution is 2.26. The van der Waals surface area contributed by atoms with E-state index in [-0.39, 0.29) is 0 Å². The van der Waals surface area contributed by atoms with E-state index < -0.39 is 0 Å². The molecule has 0 saturated carbocycles. The molecule has 2 aliphatic heterocycles. The van der Waals surface area contributed by atoms with E-state index in [1.807, 2.05) is 0 Å². The first kappa shape index (κ1) is 6.62. The van der Waals surface area contributed by atoms with Crippen LogP contribution in [0.1, 0.15) is 19.8 Å². The molecule has 0 spiro atoms. The summed E-state index contributed by atoms with van der Waals surface area (Å²) in [7, 11) is 0. The molecule has 2 saturated heterocycles. The molecule has 2 heteroatoms. The first-order chi connectivity index (χ1) is 4.81. The van der Waals surface area contributed by atoms with Crippen LogP contribution in [0.2, 0.25) is 0 Å². The molecule has 2 heterocycles. The molecule has 0 aromatic carbocycles. The molecule has 1 atom stereocenters. The predicted octanol–water partition coefficient (Wildman–Crippen LogP) is 0.444. The van der Waals surface area contributed by atoms with Crippen molar-refractivity contribution in [3.63, 3.8) is 0 Å². The van der Waals surface area contributed by atoms with E-state index in [2.05, 4.69) is 17.1 Å². The van der Waals surface area contributed by atoms with Gasteiger partial charge in [0.25, 0.3) is 0 Å². The summed E-state index contributed by atoms with van der Waals surface area (Å²) in [4.78, 5) is 2.60. The van der Waals surface area contributed by atoms with Gasteiger partial charge in [-0.05, 0) is 39.4 Å². The van der Waals surface area contributed by atoms with Crippen molar-refractivity contribution in [3.05, 3.63) is 0 Å². The average Bonchev–Trinajstić information content (AvgIpc) is 2.09. The van der Waals surface area contributed by atoms with Crippen LogP contribution < -0.4 is 5.32 Å². The van der Waals surface area contributed by atoms with Gasteiger partial charge < -0.3 is 5.32 Å². The third-order valence-corrected chi connectivity index (χ3v) is 2.97. The van der Waals surface area contributed by atoms with Crippen molar-refractivity contribution in [3.8, 4) is 0 Å². The van der Waals surface area contributed by atoms with Gasteiger partial charge in [-0.25, -0.2) is 0 Å². The van der Waals surface area contributed by atoms with Gasteiger partial charge in [0.2, 0.25) is 0 Å². The van der Waals surface area contributed by atoms with E-state index in [1.54, 1.807) is 0 Å². The van der Waals surface area contributed by atoms with Gasteiger partial charge in [-0.2, -0.15) is 0 Å². The average molecular weight is 140 g/mol. The SMILES string of the molecule is CC1(N2CCC2)CCNC1. The van der Waals surface area contributed by atoms with Crippen LogP contribution in [0.25, 0.3) is 0 Å². The van der Waals surface area contributed by atoms with Crippen LogP contribution in [-0.4, -0.2) is 36.6 Å². The summed E-state index contributed by atoms with van der Waals surface area (Å²) in [6.45, 7) is 7.46. The maximum absolute atomic E-state index is 3.42. The van der Waals surface area contributed by atoms with Gasteiger partial charge in [0.05, 0.1) is 0 Å². The molecule has 0 aromatic rings. The smallest absolute Gasteiger partial charge is 0.0317 e. The monoisotopic (exact) mass is 140 g/mol. The predicted molar refractivity (Wildman–Crippen MR) is 42.1 cm³/mol. The van der Waals surface area contributed by atoms with Crippen LogP contribution in [0.3, 0.4) is 0 Å². The van der Waals surface area contributed by atoms with Crippen LogP contribution in [0.4, 0.5) is 0 Å². The number of hydrogen-bond acceptors (Lipinski definition) is 2. The maximum Gasteiger partial charge on any atom is 0.0317 e. The minimum Gasteiger partial charge on any atom is -0.315 e. The molecule has 1 N–H and O–H groups in total. The largest absolute Gasteiger partial charge is 0.315 e. The standard InChI is InChI=1S/C8H16N2/c1-8(3-4-9-7-8)10-5-2-6-10/h9H,2-7H2,1H3. The lowest BCUT2D eigenvalue weighted by molar-refractivity contribution is 0.0563. The molecule has 0 amide bonds. The van der Waals surface area contributed by atoms with Crippen LogP contribution in [-0.2, 0) is 0 Å². The highest BCUT2D eigenvalue weighted by molar-refractivity contribution is 4.96. The summed E-state index contributed by atoms with van der Waals surface area (Å²) < 4.78 is 0. The van der Waals surface area contributed by atoms with Gasteiger partial charge in [0, 0.05) is 12.1 Å². The summed E-state index contributed by atoms with van der Waals surface area (Å²) >= 11 is 0. The maximum atomic E-state index is 3.42. The van der Waals surface area contributed by atoms with Gasteiger partial charge in [0.15, 0.2) is 0 Å². The Hall–Kier alpha value is -0.0800. The Kier molecular flexibility index (Phi) is 1.46. The summed E-state index contributed by atoms with van der Waals surface area (Å²) in [6.07, 6.45) is 2.75. The van der Waals surface area contributed by atoms with Gasteiger partial charge in [0.1, 0.15) is 0 Å². The number of nitrogens with zero attached hydrogens (tertiary/aromatic N) is 1. The highest BCUT2D eigenvalue weighted by atomic mass is 15.3. The molecular formula is C8H16N2. The third kappa shape index (κ3) is 0.867. The quantitative estimate of drug-likeness (QED) is 0.568. The highest BCUT2D eigenvalue weighted by Gasteiger charge is 2.37. The van der Waals surface area contributed by atoms with Crippen LogP contribution in [0.15, 0.2) is 0 Å². The second kappa shape index (κ2) is 2.21. The van der Waals surface area contributed by atoms with Crippen molar-refractivity contribution >= 4 is 0 Å². The van der Waals surface area contributed by atoms with E-state index in [9.17, 15) is 0 Å². The van der Waals surface area contributed by atoms with Crippen molar-refractivity contribution in [2.45, 2.75) is 25.3 Å². The fraction of sp³-hybridized carbons (Fsp3) is 1.00. The fourth-order valence-electron chi connectivity index (χ4n) is 1.93. The molecule has 2 rings (SSSR count). The second-order valence-electron chi connectivity index (χ2n) is 3.76. The zero-order chi connectivity index (χ0) is 7.03. The molecule has 58 valence electrons. The third-order valence-electron chi connectivity index (χ3n) is 2.97. The Morgan fingerprint density at radius 1 is 1.40 bits per heavy atom. The van der Waals surface area contributed by atoms with E-state index in [1.165, 1.54) is 39.0 Å². The van der Waals surface area contributed by atoms with Gasteiger partial charge >= 0.3 is 0 Å². The molecule has 0 aromatic heterocycles. The Morgan fingerprint density at radius 3 is 2.60 bits per heavy atom. The van der Waals surface area contributed by atoms with Crippen LogP contribution in [0, 0.1) is 0 Å². The zero-order valence-corrected chi connectivity index (χ0v) is 6.69. The number of rotatable bonds is 1. The first-order valence-electron chi connectivity index (χ1n) is 4.27. The van der Waals surface area contributed by atoms with Gasteiger partial charge in [-0.1, -0.05) is 0 Å². The molecule has 1 unspecified atom stereocenters. The lowest BCUT2D eigenvalue weighted by Crippen LogP contribution is -2.54. The molecule has 2 aliphatic rings. The van der Waals surface area contributed by atoms with Gasteiger partial charge in [-0.15, -0.1) is 0 Å². The van der Waals surface area contributed by atoms with E-state index in [0.29, 0.717) is 5.54 Å². The Morgan fingerprint density at radius 2 is 2.20 bits per heavy atom. The Balaban J connectivity index is 1.98. The molecule has 0 bridgehead atoms. The lowest BCUT2D eigenvalue weighted by atomic mass is 9.95. The van der Waals surface area contributed by atoms with E-state index >= 15 is 0 Å². The van der Waals surface area contributed by atoms with Crippen molar-refractivity contribution < 1.29 is 0 Å². The minimum absolute atomic E-state index is 0.512. The molecule has 10 heavy (non-hydrogen) atoms. The Labute approximate surface area is 62.6 Å². The molecule has 0 aliphatic carbocycles. The van der Waals surface area contributed by atoms with Crippen molar-refractivity contribution in [1.29, 1.82) is 0 Å². The summed E-state index contributed by atoms with van der Waals surface area (Å²) in [5.74, 6) is 0. The number of likely N-dealkylation sites (tertiary alicyclic amines) is 1.